The topological polar surface area (TPSA) is 29.5 Å². The Hall–Kier alpha value is 0.210. The average molecular weight is 371 g/mol. The van der Waals surface area contributed by atoms with Crippen molar-refractivity contribution in [1.29, 1.82) is 0 Å². The summed E-state index contributed by atoms with van der Waals surface area (Å²) in [6.45, 7) is 6.08. The van der Waals surface area contributed by atoms with Gasteiger partial charge in [0, 0.05) is 18.6 Å². The molecule has 3 heteroatoms. The van der Waals surface area contributed by atoms with Crippen LogP contribution < -0.4 is 0 Å². The zero-order chi connectivity index (χ0) is 17.8. The Balaban J connectivity index is 1.41. The van der Waals surface area contributed by atoms with Gasteiger partial charge in [-0.05, 0) is 86.9 Å². The van der Waals surface area contributed by atoms with Crippen LogP contribution in [0, 0.1) is 35.5 Å². The van der Waals surface area contributed by atoms with E-state index in [0.717, 1.165) is 30.8 Å². The molecule has 0 saturated heterocycles. The smallest absolute Gasteiger partial charge is 0.0589 e. The maximum Gasteiger partial charge on any atom is 0.0589 e. The molecule has 6 unspecified atom stereocenters. The van der Waals surface area contributed by atoms with Crippen molar-refractivity contribution in [1.82, 2.24) is 0 Å². The molecule has 2 nitrogen and oxygen atoms in total. The zero-order valence-corrected chi connectivity index (χ0v) is 17.1. The van der Waals surface area contributed by atoms with E-state index in [1.54, 1.807) is 0 Å². The fourth-order valence-corrected chi connectivity index (χ4v) is 6.35. The van der Waals surface area contributed by atoms with Crippen LogP contribution in [0.1, 0.15) is 78.1 Å². The van der Waals surface area contributed by atoms with Crippen LogP contribution >= 0.6 is 11.6 Å². The Morgan fingerprint density at radius 1 is 0.840 bits per heavy atom. The molecule has 25 heavy (non-hydrogen) atoms. The predicted octanol–water partition coefficient (Wildman–Crippen LogP) is 5.65. The maximum absolute atomic E-state index is 9.43. The number of rotatable bonds is 5. The number of hydrogen-bond acceptors (Lipinski definition) is 2. The lowest BCUT2D eigenvalue weighted by Crippen LogP contribution is -2.39. The highest BCUT2D eigenvalue weighted by Crippen LogP contribution is 2.45. The minimum Gasteiger partial charge on any atom is -0.396 e. The fraction of sp³-hybridized carbons (Fsp3) is 1.00. The molecule has 3 fully saturated rings. The van der Waals surface area contributed by atoms with Gasteiger partial charge in [0.05, 0.1) is 6.10 Å². The lowest BCUT2D eigenvalue weighted by molar-refractivity contribution is -0.0200. The molecule has 0 aromatic carbocycles. The van der Waals surface area contributed by atoms with Crippen molar-refractivity contribution in [2.24, 2.45) is 35.5 Å². The third-order valence-electron chi connectivity index (χ3n) is 7.63. The van der Waals surface area contributed by atoms with Crippen LogP contribution in [0.2, 0.25) is 0 Å². The number of alkyl halides is 1. The van der Waals surface area contributed by atoms with Crippen molar-refractivity contribution in [3.63, 3.8) is 0 Å². The van der Waals surface area contributed by atoms with Gasteiger partial charge >= 0.3 is 0 Å². The van der Waals surface area contributed by atoms with E-state index < -0.39 is 0 Å². The van der Waals surface area contributed by atoms with Crippen molar-refractivity contribution in [2.45, 2.75) is 89.5 Å². The van der Waals surface area contributed by atoms with E-state index in [4.69, 9.17) is 16.3 Å². The molecule has 0 spiro atoms. The second-order valence-electron chi connectivity index (χ2n) is 9.58. The third kappa shape index (κ3) is 5.36. The maximum atomic E-state index is 9.43. The number of aliphatic hydroxyl groups excluding tert-OH is 1. The van der Waals surface area contributed by atoms with Gasteiger partial charge in [0.1, 0.15) is 0 Å². The minimum absolute atomic E-state index is 0.281. The number of ether oxygens (including phenoxy) is 1. The molecule has 0 radical (unpaired) electrons. The third-order valence-corrected chi connectivity index (χ3v) is 8.13. The number of halogens is 1. The van der Waals surface area contributed by atoms with E-state index >= 15 is 0 Å². The summed E-state index contributed by atoms with van der Waals surface area (Å²) in [6.07, 6.45) is 13.0. The molecule has 0 aromatic rings. The zero-order valence-electron chi connectivity index (χ0n) is 16.3. The van der Waals surface area contributed by atoms with E-state index in [9.17, 15) is 5.11 Å². The summed E-state index contributed by atoms with van der Waals surface area (Å²) in [6, 6.07) is 0. The summed E-state index contributed by atoms with van der Waals surface area (Å²) >= 11 is 6.86. The Bertz CT molecular complexity index is 393. The van der Waals surface area contributed by atoms with Gasteiger partial charge in [-0.1, -0.05) is 26.7 Å². The Morgan fingerprint density at radius 3 is 2.16 bits per heavy atom. The molecule has 0 heterocycles. The molecule has 0 aromatic heterocycles. The van der Waals surface area contributed by atoms with Gasteiger partial charge in [-0.2, -0.15) is 0 Å². The molecule has 1 N–H and O–H groups in total. The van der Waals surface area contributed by atoms with Gasteiger partial charge in [-0.15, -0.1) is 11.6 Å². The van der Waals surface area contributed by atoms with Crippen LogP contribution in [0.4, 0.5) is 0 Å². The molecule has 3 aliphatic carbocycles. The fourth-order valence-electron chi connectivity index (χ4n) is 5.84. The second-order valence-corrected chi connectivity index (χ2v) is 10.1. The van der Waals surface area contributed by atoms with Crippen molar-refractivity contribution < 1.29 is 9.84 Å². The van der Waals surface area contributed by atoms with Crippen molar-refractivity contribution in [3.05, 3.63) is 0 Å². The average Bonchev–Trinajstić information content (AvgIpc) is 2.62. The van der Waals surface area contributed by atoms with E-state index in [1.165, 1.54) is 57.8 Å². The molecule has 3 saturated carbocycles. The van der Waals surface area contributed by atoms with Crippen LogP contribution in [0.3, 0.4) is 0 Å². The lowest BCUT2D eigenvalue weighted by atomic mass is 9.66. The van der Waals surface area contributed by atoms with Crippen molar-refractivity contribution in [2.75, 3.05) is 13.2 Å². The van der Waals surface area contributed by atoms with E-state index in [1.807, 2.05) is 0 Å². The summed E-state index contributed by atoms with van der Waals surface area (Å²) in [5.74, 6) is 4.35. The molecule has 3 aliphatic rings. The summed E-state index contributed by atoms with van der Waals surface area (Å²) in [7, 11) is 0. The molecular weight excluding hydrogens is 332 g/mol. The van der Waals surface area contributed by atoms with Crippen LogP contribution in [-0.4, -0.2) is 29.8 Å². The quantitative estimate of drug-likeness (QED) is 0.633. The second kappa shape index (κ2) is 9.42. The van der Waals surface area contributed by atoms with Gasteiger partial charge < -0.3 is 9.84 Å². The molecule has 0 amide bonds. The molecule has 0 aliphatic heterocycles. The summed E-state index contributed by atoms with van der Waals surface area (Å²) in [4.78, 5) is 0. The normalized spacial score (nSPS) is 46.1. The number of hydrogen-bond donors (Lipinski definition) is 1. The Kier molecular flexibility index (Phi) is 7.52. The van der Waals surface area contributed by atoms with E-state index in [-0.39, 0.29) is 5.38 Å². The minimum atomic E-state index is 0.281. The van der Waals surface area contributed by atoms with Gasteiger partial charge in [0.15, 0.2) is 0 Å². The molecular formula is C22H39ClO2. The predicted molar refractivity (Wildman–Crippen MR) is 105 cm³/mol. The van der Waals surface area contributed by atoms with Crippen LogP contribution in [0.5, 0.6) is 0 Å². The Morgan fingerprint density at radius 2 is 1.52 bits per heavy atom. The highest BCUT2D eigenvalue weighted by molar-refractivity contribution is 6.20. The van der Waals surface area contributed by atoms with Crippen LogP contribution in [0.15, 0.2) is 0 Å². The first-order valence-corrected chi connectivity index (χ1v) is 11.4. The highest BCUT2D eigenvalue weighted by Gasteiger charge is 2.39. The molecule has 0 bridgehead atoms. The van der Waals surface area contributed by atoms with E-state index in [0.29, 0.717) is 30.5 Å². The summed E-state index contributed by atoms with van der Waals surface area (Å²) < 4.78 is 6.31. The monoisotopic (exact) mass is 370 g/mol. The summed E-state index contributed by atoms with van der Waals surface area (Å²) in [5, 5.41) is 9.71. The largest absolute Gasteiger partial charge is 0.396 e. The lowest BCUT2D eigenvalue weighted by Gasteiger charge is -2.43. The molecule has 3 rings (SSSR count). The van der Waals surface area contributed by atoms with Gasteiger partial charge in [0.2, 0.25) is 0 Å². The van der Waals surface area contributed by atoms with Gasteiger partial charge in [-0.3, -0.25) is 0 Å². The summed E-state index contributed by atoms with van der Waals surface area (Å²) in [5.41, 5.74) is 0. The SMILES string of the molecule is CC1CCC(COC2CCC(C3CCC(CO)CC3C)C(Cl)C2)CC1. The number of aliphatic hydroxyl groups is 1. The van der Waals surface area contributed by atoms with Crippen LogP contribution in [-0.2, 0) is 4.74 Å². The first-order valence-electron chi connectivity index (χ1n) is 10.9. The van der Waals surface area contributed by atoms with Crippen molar-refractivity contribution in [3.8, 4) is 0 Å². The Labute approximate surface area is 160 Å². The van der Waals surface area contributed by atoms with Gasteiger partial charge in [0.25, 0.3) is 0 Å². The van der Waals surface area contributed by atoms with Crippen molar-refractivity contribution >= 4 is 11.6 Å². The first-order chi connectivity index (χ1) is 12.1. The standard InChI is InChI=1S/C22H39ClO2/c1-15-3-5-17(6-4-15)14-25-19-8-10-21(22(23)12-19)20-9-7-18(13-24)11-16(20)2/h15-22,24H,3-14H2,1-2H3. The molecule has 6 atom stereocenters. The van der Waals surface area contributed by atoms with E-state index in [2.05, 4.69) is 13.8 Å². The van der Waals surface area contributed by atoms with Gasteiger partial charge in [-0.25, -0.2) is 0 Å². The first kappa shape index (κ1) is 20.0. The van der Waals surface area contributed by atoms with Crippen LogP contribution in [0.25, 0.3) is 0 Å². The molecule has 146 valence electrons. The highest BCUT2D eigenvalue weighted by atomic mass is 35.5.